The number of nitrogens with two attached hydrogens (primary N) is 2. The second-order valence-corrected chi connectivity index (χ2v) is 10.8. The maximum atomic E-state index is 13.1. The number of nitrogens with one attached hydrogen (secondary N) is 6. The Bertz CT molecular complexity index is 1170. The number of carboxylic acid groups (broad SMARTS) is 3. The van der Waals surface area contributed by atoms with E-state index in [4.69, 9.17) is 21.7 Å². The Morgan fingerprint density at radius 2 is 0.957 bits per heavy atom. The van der Waals surface area contributed by atoms with E-state index in [2.05, 4.69) is 31.9 Å². The van der Waals surface area contributed by atoms with Gasteiger partial charge in [-0.3, -0.25) is 43.2 Å². The maximum Gasteiger partial charge on any atom is 0.325 e. The standard InChI is InChI=1S/C27H46N8O12/c1-12(31-24(43)16(29)8-9-19(36)37)21(40)30-14(3)23(42)35-18(11-20(38)39)26(45)34-17(7-5-6-10-28)25(44)32-13(2)22(41)33-15(4)27(46)47/h12-18H,5-11,28-29H2,1-4H3,(H,30,40)(H,31,43)(H,32,44)(H,33,41)(H,34,45)(H,35,42)(H,36,37)(H,38,39)(H,46,47)/t12-,13-,14-,15-,16-,17-,18-/m0/s1. The van der Waals surface area contributed by atoms with Crippen LogP contribution in [0, 0.1) is 0 Å². The largest absolute Gasteiger partial charge is 0.481 e. The van der Waals surface area contributed by atoms with Gasteiger partial charge in [-0.1, -0.05) is 0 Å². The van der Waals surface area contributed by atoms with Crippen LogP contribution in [0.5, 0.6) is 0 Å². The number of amides is 6. The Balaban J connectivity index is 5.52. The molecule has 0 aromatic heterocycles. The molecule has 0 aliphatic heterocycles. The molecule has 0 aliphatic rings. The summed E-state index contributed by atoms with van der Waals surface area (Å²) in [6, 6.07) is -9.25. The lowest BCUT2D eigenvalue weighted by Gasteiger charge is -2.25. The van der Waals surface area contributed by atoms with Crippen LogP contribution in [-0.4, -0.2) is 118 Å². The Hall–Kier alpha value is -4.85. The number of hydrogen-bond donors (Lipinski definition) is 11. The summed E-state index contributed by atoms with van der Waals surface area (Å²) in [6.45, 7) is 5.25. The first kappa shape index (κ1) is 42.1. The summed E-state index contributed by atoms with van der Waals surface area (Å²) in [6.07, 6.45) is -0.673. The molecule has 0 aliphatic carbocycles. The summed E-state index contributed by atoms with van der Waals surface area (Å²) in [4.78, 5) is 109. The van der Waals surface area contributed by atoms with Crippen LogP contribution in [0.1, 0.15) is 66.2 Å². The number of carbonyl (C=O) groups is 9. The molecule has 266 valence electrons. The van der Waals surface area contributed by atoms with Gasteiger partial charge in [0, 0.05) is 6.42 Å². The molecule has 20 nitrogen and oxygen atoms in total. The van der Waals surface area contributed by atoms with Gasteiger partial charge in [0.05, 0.1) is 12.5 Å². The van der Waals surface area contributed by atoms with Crippen LogP contribution in [0.3, 0.4) is 0 Å². The SMILES string of the molecule is C[C@H](NC(=O)[C@H](C)NC(=O)[C@H](CCCCN)NC(=O)[C@H](CC(=O)O)NC(=O)[C@H](C)NC(=O)[C@H](C)NC(=O)[C@@H](N)CCC(=O)O)C(=O)O. The molecule has 6 amide bonds. The maximum absolute atomic E-state index is 13.1. The molecule has 0 bridgehead atoms. The van der Waals surface area contributed by atoms with Crippen molar-refractivity contribution in [2.75, 3.05) is 6.54 Å². The number of carboxylic acids is 3. The molecule has 0 rings (SSSR count). The van der Waals surface area contributed by atoms with E-state index in [9.17, 15) is 48.3 Å². The molecular weight excluding hydrogens is 628 g/mol. The number of hydrogen-bond acceptors (Lipinski definition) is 11. The van der Waals surface area contributed by atoms with Crippen molar-refractivity contribution in [3.05, 3.63) is 0 Å². The molecule has 0 saturated heterocycles. The van der Waals surface area contributed by atoms with Crippen LogP contribution in [-0.2, 0) is 43.2 Å². The molecule has 0 heterocycles. The molecule has 13 N–H and O–H groups in total. The van der Waals surface area contributed by atoms with E-state index in [1.807, 2.05) is 0 Å². The number of rotatable bonds is 22. The van der Waals surface area contributed by atoms with Crippen molar-refractivity contribution in [3.8, 4) is 0 Å². The first-order valence-electron chi connectivity index (χ1n) is 14.7. The van der Waals surface area contributed by atoms with Gasteiger partial charge in [-0.15, -0.1) is 0 Å². The van der Waals surface area contributed by atoms with Crippen LogP contribution in [0.4, 0.5) is 0 Å². The summed E-state index contributed by atoms with van der Waals surface area (Å²) in [5.74, 6) is -9.33. The third-order valence-electron chi connectivity index (χ3n) is 6.58. The molecule has 0 unspecified atom stereocenters. The number of unbranched alkanes of at least 4 members (excludes halogenated alkanes) is 1. The van der Waals surface area contributed by atoms with Crippen molar-refractivity contribution in [2.24, 2.45) is 11.5 Å². The van der Waals surface area contributed by atoms with Crippen LogP contribution in [0.2, 0.25) is 0 Å². The molecule has 0 spiro atoms. The molecule has 0 fully saturated rings. The minimum Gasteiger partial charge on any atom is -0.481 e. The second kappa shape index (κ2) is 21.0. The molecule has 7 atom stereocenters. The first-order chi connectivity index (χ1) is 21.8. The normalized spacial score (nSPS) is 15.2. The first-order valence-corrected chi connectivity index (χ1v) is 14.7. The number of carbonyl (C=O) groups excluding carboxylic acids is 6. The van der Waals surface area contributed by atoms with Gasteiger partial charge in [-0.05, 0) is 59.9 Å². The molecule has 20 heteroatoms. The lowest BCUT2D eigenvalue weighted by Crippen LogP contribution is -2.59. The summed E-state index contributed by atoms with van der Waals surface area (Å²) in [5.41, 5.74) is 11.1. The Morgan fingerprint density at radius 3 is 1.43 bits per heavy atom. The lowest BCUT2D eigenvalue weighted by atomic mass is 10.1. The van der Waals surface area contributed by atoms with Gasteiger partial charge in [-0.2, -0.15) is 0 Å². The van der Waals surface area contributed by atoms with Crippen molar-refractivity contribution >= 4 is 53.4 Å². The van der Waals surface area contributed by atoms with Gasteiger partial charge in [0.1, 0.15) is 36.3 Å². The molecule has 47 heavy (non-hydrogen) atoms. The third-order valence-corrected chi connectivity index (χ3v) is 6.58. The summed E-state index contributed by atoms with van der Waals surface area (Å²) in [7, 11) is 0. The second-order valence-electron chi connectivity index (χ2n) is 10.8. The summed E-state index contributed by atoms with van der Waals surface area (Å²) in [5, 5.41) is 40.7. The van der Waals surface area contributed by atoms with Gasteiger partial charge >= 0.3 is 17.9 Å². The smallest absolute Gasteiger partial charge is 0.325 e. The van der Waals surface area contributed by atoms with E-state index in [1.54, 1.807) is 0 Å². The highest BCUT2D eigenvalue weighted by Crippen LogP contribution is 2.05. The van der Waals surface area contributed by atoms with Crippen LogP contribution < -0.4 is 43.4 Å². The predicted molar refractivity (Wildman–Crippen MR) is 162 cm³/mol. The summed E-state index contributed by atoms with van der Waals surface area (Å²) >= 11 is 0. The van der Waals surface area contributed by atoms with Gasteiger partial charge in [0.15, 0.2) is 0 Å². The third kappa shape index (κ3) is 16.9. The van der Waals surface area contributed by atoms with E-state index < -0.39 is 102 Å². The van der Waals surface area contributed by atoms with Crippen LogP contribution in [0.25, 0.3) is 0 Å². The highest BCUT2D eigenvalue weighted by molar-refractivity contribution is 5.97. The van der Waals surface area contributed by atoms with Gasteiger partial charge in [-0.25, -0.2) is 0 Å². The monoisotopic (exact) mass is 674 g/mol. The Kier molecular flexibility index (Phi) is 18.9. The fraction of sp³-hybridized carbons (Fsp3) is 0.667. The predicted octanol–water partition coefficient (Wildman–Crippen LogP) is -4.14. The average Bonchev–Trinajstić information content (AvgIpc) is 2.97. The van der Waals surface area contributed by atoms with Gasteiger partial charge < -0.3 is 58.7 Å². The van der Waals surface area contributed by atoms with Gasteiger partial charge in [0.25, 0.3) is 0 Å². The topological polar surface area (TPSA) is 339 Å². The van der Waals surface area contributed by atoms with E-state index in [1.165, 1.54) is 27.7 Å². The lowest BCUT2D eigenvalue weighted by molar-refractivity contribution is -0.141. The van der Waals surface area contributed by atoms with Crippen molar-refractivity contribution in [1.29, 1.82) is 0 Å². The van der Waals surface area contributed by atoms with E-state index in [-0.39, 0.29) is 25.8 Å². The van der Waals surface area contributed by atoms with E-state index in [0.717, 1.165) is 0 Å². The van der Waals surface area contributed by atoms with Crippen molar-refractivity contribution in [1.82, 2.24) is 31.9 Å². The molecule has 0 aromatic rings. The minimum absolute atomic E-state index is 0.0123. The molecule has 0 radical (unpaired) electrons. The van der Waals surface area contributed by atoms with Crippen LogP contribution >= 0.6 is 0 Å². The summed E-state index contributed by atoms with van der Waals surface area (Å²) < 4.78 is 0. The Morgan fingerprint density at radius 1 is 0.532 bits per heavy atom. The van der Waals surface area contributed by atoms with Gasteiger partial charge in [0.2, 0.25) is 35.4 Å². The minimum atomic E-state index is -1.72. The van der Waals surface area contributed by atoms with Crippen molar-refractivity contribution in [2.45, 2.75) is 109 Å². The van der Waals surface area contributed by atoms with Crippen molar-refractivity contribution in [3.63, 3.8) is 0 Å². The zero-order valence-corrected chi connectivity index (χ0v) is 26.7. The molecule has 0 aromatic carbocycles. The highest BCUT2D eigenvalue weighted by Gasteiger charge is 2.32. The average molecular weight is 675 g/mol. The highest BCUT2D eigenvalue weighted by atomic mass is 16.4. The van der Waals surface area contributed by atoms with Crippen LogP contribution in [0.15, 0.2) is 0 Å². The number of aliphatic carboxylic acids is 3. The van der Waals surface area contributed by atoms with Crippen molar-refractivity contribution < 1.29 is 58.5 Å². The van der Waals surface area contributed by atoms with E-state index in [0.29, 0.717) is 12.8 Å². The van der Waals surface area contributed by atoms with E-state index >= 15 is 0 Å². The fourth-order valence-electron chi connectivity index (χ4n) is 3.69. The molecule has 0 saturated carbocycles. The zero-order chi connectivity index (χ0) is 36.4. The quantitative estimate of drug-likeness (QED) is 0.0486. The fourth-order valence-corrected chi connectivity index (χ4v) is 3.69. The zero-order valence-electron chi connectivity index (χ0n) is 26.7. The molecular formula is C27H46N8O12. The Labute approximate surface area is 270 Å².